The molecule has 0 radical (unpaired) electrons. The van der Waals surface area contributed by atoms with Crippen LogP contribution in [0.1, 0.15) is 27.2 Å². The number of nitrogens with two attached hydrogens (primary N) is 1. The quantitative estimate of drug-likeness (QED) is 0.741. The van der Waals surface area contributed by atoms with E-state index in [0.29, 0.717) is 11.8 Å². The van der Waals surface area contributed by atoms with Gasteiger partial charge < -0.3 is 15.5 Å². The summed E-state index contributed by atoms with van der Waals surface area (Å²) in [4.78, 5) is 5.16. The van der Waals surface area contributed by atoms with E-state index in [9.17, 15) is 0 Å². The lowest BCUT2D eigenvalue weighted by atomic mass is 9.95. The average molecular weight is 227 g/mol. The Morgan fingerprint density at radius 3 is 2.06 bits per heavy atom. The Morgan fingerprint density at radius 2 is 1.62 bits per heavy atom. The fraction of sp³-hybridized carbons (Fsp3) is 1.00. The van der Waals surface area contributed by atoms with Crippen LogP contribution in [0.25, 0.3) is 0 Å². The first-order chi connectivity index (χ1) is 7.67. The van der Waals surface area contributed by atoms with Gasteiger partial charge in [-0.1, -0.05) is 20.8 Å². The number of rotatable bonds is 6. The molecule has 1 atom stereocenters. The van der Waals surface area contributed by atoms with Crippen molar-refractivity contribution in [1.82, 2.24) is 9.80 Å². The molecule has 1 aliphatic heterocycles. The lowest BCUT2D eigenvalue weighted by Gasteiger charge is -2.37. The van der Waals surface area contributed by atoms with Gasteiger partial charge in [0.05, 0.1) is 0 Å². The lowest BCUT2D eigenvalue weighted by Crippen LogP contribution is -2.49. The van der Waals surface area contributed by atoms with Gasteiger partial charge in [0.1, 0.15) is 0 Å². The average Bonchev–Trinajstić information content (AvgIpc) is 2.28. The molecule has 96 valence electrons. The summed E-state index contributed by atoms with van der Waals surface area (Å²) in [7, 11) is 0. The predicted octanol–water partition coefficient (Wildman–Crippen LogP) is 1.24. The fourth-order valence-electron chi connectivity index (χ4n) is 2.40. The van der Waals surface area contributed by atoms with Gasteiger partial charge in [0.25, 0.3) is 0 Å². The smallest absolute Gasteiger partial charge is 0.0110 e. The highest BCUT2D eigenvalue weighted by molar-refractivity contribution is 4.75. The summed E-state index contributed by atoms with van der Waals surface area (Å²) in [5.41, 5.74) is 5.83. The summed E-state index contributed by atoms with van der Waals surface area (Å²) >= 11 is 0. The second kappa shape index (κ2) is 7.25. The Bertz CT molecular complexity index is 174. The predicted molar refractivity (Wildman–Crippen MR) is 70.6 cm³/mol. The van der Waals surface area contributed by atoms with Crippen LogP contribution >= 0.6 is 0 Å². The summed E-state index contributed by atoms with van der Waals surface area (Å²) in [5, 5.41) is 0. The maximum absolute atomic E-state index is 5.83. The third-order valence-corrected chi connectivity index (χ3v) is 3.74. The Kier molecular flexibility index (Phi) is 6.32. The number of nitrogens with zero attached hydrogens (tertiary/aromatic N) is 2. The molecule has 3 nitrogen and oxygen atoms in total. The van der Waals surface area contributed by atoms with E-state index in [1.807, 2.05) is 0 Å². The van der Waals surface area contributed by atoms with Crippen molar-refractivity contribution in [3.63, 3.8) is 0 Å². The molecule has 1 fully saturated rings. The molecule has 0 spiro atoms. The van der Waals surface area contributed by atoms with Crippen LogP contribution in [0.15, 0.2) is 0 Å². The van der Waals surface area contributed by atoms with Crippen LogP contribution in [0, 0.1) is 11.8 Å². The first-order valence-electron chi connectivity index (χ1n) is 6.82. The molecule has 0 aliphatic carbocycles. The molecule has 0 amide bonds. The Hall–Kier alpha value is -0.120. The van der Waals surface area contributed by atoms with E-state index in [2.05, 4.69) is 30.6 Å². The summed E-state index contributed by atoms with van der Waals surface area (Å²) in [6, 6.07) is 0. The molecule has 0 saturated carbocycles. The maximum Gasteiger partial charge on any atom is 0.0110 e. The Labute approximate surface area is 101 Å². The van der Waals surface area contributed by atoms with Gasteiger partial charge >= 0.3 is 0 Å². The molecular formula is C13H29N3. The summed E-state index contributed by atoms with van der Waals surface area (Å²) in [6.45, 7) is 15.0. The highest BCUT2D eigenvalue weighted by Gasteiger charge is 2.20. The fourth-order valence-corrected chi connectivity index (χ4v) is 2.40. The van der Waals surface area contributed by atoms with Crippen molar-refractivity contribution in [2.24, 2.45) is 17.6 Å². The standard InChI is InChI=1S/C13H29N3/c1-4-5-15-6-8-16(9-7-15)11-13(10-14)12(2)3/h12-13H,4-11,14H2,1-3H3. The molecule has 3 heteroatoms. The largest absolute Gasteiger partial charge is 0.330 e. The molecule has 0 bridgehead atoms. The minimum absolute atomic E-state index is 0.665. The Balaban J connectivity index is 2.25. The molecule has 1 heterocycles. The van der Waals surface area contributed by atoms with Gasteiger partial charge in [-0.15, -0.1) is 0 Å². The van der Waals surface area contributed by atoms with Crippen LogP contribution < -0.4 is 5.73 Å². The van der Waals surface area contributed by atoms with E-state index in [-0.39, 0.29) is 0 Å². The van der Waals surface area contributed by atoms with Crippen molar-refractivity contribution in [3.05, 3.63) is 0 Å². The molecule has 0 aromatic carbocycles. The van der Waals surface area contributed by atoms with Crippen LogP contribution in [-0.2, 0) is 0 Å². The lowest BCUT2D eigenvalue weighted by molar-refractivity contribution is 0.110. The van der Waals surface area contributed by atoms with E-state index in [4.69, 9.17) is 5.73 Å². The molecule has 1 saturated heterocycles. The third kappa shape index (κ3) is 4.40. The van der Waals surface area contributed by atoms with Crippen LogP contribution in [-0.4, -0.2) is 55.6 Å². The minimum Gasteiger partial charge on any atom is -0.330 e. The Morgan fingerprint density at radius 1 is 1.06 bits per heavy atom. The molecule has 2 N–H and O–H groups in total. The van der Waals surface area contributed by atoms with Crippen molar-refractivity contribution in [2.45, 2.75) is 27.2 Å². The monoisotopic (exact) mass is 227 g/mol. The zero-order chi connectivity index (χ0) is 12.0. The van der Waals surface area contributed by atoms with Crippen molar-refractivity contribution < 1.29 is 0 Å². The van der Waals surface area contributed by atoms with Crippen molar-refractivity contribution in [2.75, 3.05) is 45.8 Å². The number of hydrogen-bond acceptors (Lipinski definition) is 3. The molecule has 1 rings (SSSR count). The molecule has 1 unspecified atom stereocenters. The highest BCUT2D eigenvalue weighted by atomic mass is 15.3. The van der Waals surface area contributed by atoms with Gasteiger partial charge in [-0.05, 0) is 31.3 Å². The van der Waals surface area contributed by atoms with E-state index < -0.39 is 0 Å². The van der Waals surface area contributed by atoms with Gasteiger partial charge in [-0.3, -0.25) is 0 Å². The van der Waals surface area contributed by atoms with Gasteiger partial charge in [-0.2, -0.15) is 0 Å². The topological polar surface area (TPSA) is 32.5 Å². The zero-order valence-electron chi connectivity index (χ0n) is 11.3. The van der Waals surface area contributed by atoms with Crippen molar-refractivity contribution in [3.8, 4) is 0 Å². The summed E-state index contributed by atoms with van der Waals surface area (Å²) in [5.74, 6) is 1.37. The molecular weight excluding hydrogens is 198 g/mol. The van der Waals surface area contributed by atoms with Crippen molar-refractivity contribution >= 4 is 0 Å². The number of piperazine rings is 1. The minimum atomic E-state index is 0.665. The number of hydrogen-bond donors (Lipinski definition) is 1. The normalized spacial score (nSPS) is 21.6. The summed E-state index contributed by atoms with van der Waals surface area (Å²) < 4.78 is 0. The second-order valence-corrected chi connectivity index (χ2v) is 5.38. The molecule has 1 aliphatic rings. The zero-order valence-corrected chi connectivity index (χ0v) is 11.3. The van der Waals surface area contributed by atoms with E-state index in [0.717, 1.165) is 6.54 Å². The van der Waals surface area contributed by atoms with Gasteiger partial charge in [0, 0.05) is 32.7 Å². The molecule has 16 heavy (non-hydrogen) atoms. The molecule has 0 aromatic rings. The highest BCUT2D eigenvalue weighted by Crippen LogP contribution is 2.13. The van der Waals surface area contributed by atoms with Crippen LogP contribution in [0.3, 0.4) is 0 Å². The van der Waals surface area contributed by atoms with E-state index in [1.54, 1.807) is 0 Å². The van der Waals surface area contributed by atoms with Crippen LogP contribution in [0.5, 0.6) is 0 Å². The second-order valence-electron chi connectivity index (χ2n) is 5.38. The van der Waals surface area contributed by atoms with Crippen LogP contribution in [0.4, 0.5) is 0 Å². The molecule has 0 aromatic heterocycles. The first kappa shape index (κ1) is 13.9. The van der Waals surface area contributed by atoms with E-state index in [1.165, 1.54) is 45.7 Å². The van der Waals surface area contributed by atoms with Crippen LogP contribution in [0.2, 0.25) is 0 Å². The third-order valence-electron chi connectivity index (χ3n) is 3.74. The first-order valence-corrected chi connectivity index (χ1v) is 6.82. The van der Waals surface area contributed by atoms with E-state index >= 15 is 0 Å². The van der Waals surface area contributed by atoms with Crippen molar-refractivity contribution in [1.29, 1.82) is 0 Å². The SMILES string of the molecule is CCCN1CCN(CC(CN)C(C)C)CC1. The maximum atomic E-state index is 5.83. The van der Waals surface area contributed by atoms with Gasteiger partial charge in [0.2, 0.25) is 0 Å². The van der Waals surface area contributed by atoms with Gasteiger partial charge in [-0.25, -0.2) is 0 Å². The summed E-state index contributed by atoms with van der Waals surface area (Å²) in [6.07, 6.45) is 1.28. The van der Waals surface area contributed by atoms with Gasteiger partial charge in [0.15, 0.2) is 0 Å².